The number of benzene rings is 1. The molecule has 15 heavy (non-hydrogen) atoms. The molecule has 5 heteroatoms. The number of fused-ring (bicyclic) bond motifs is 1. The zero-order valence-electron chi connectivity index (χ0n) is 8.07. The molecule has 0 aliphatic carbocycles. The van der Waals surface area contributed by atoms with Crippen molar-refractivity contribution in [3.63, 3.8) is 0 Å². The van der Waals surface area contributed by atoms with E-state index in [-0.39, 0.29) is 11.5 Å². The topological polar surface area (TPSA) is 74.8 Å². The van der Waals surface area contributed by atoms with Gasteiger partial charge in [-0.2, -0.15) is 0 Å². The number of rotatable bonds is 1. The molecule has 1 aromatic heterocycles. The lowest BCUT2D eigenvalue weighted by molar-refractivity contribution is 0.0963. The van der Waals surface area contributed by atoms with Gasteiger partial charge in [0.15, 0.2) is 0 Å². The molecule has 0 spiro atoms. The molecule has 76 valence electrons. The first-order valence-electron chi connectivity index (χ1n) is 4.42. The van der Waals surface area contributed by atoms with E-state index < -0.39 is 0 Å². The molecule has 0 aliphatic rings. The van der Waals surface area contributed by atoms with Crippen LogP contribution in [-0.2, 0) is 0 Å². The van der Waals surface area contributed by atoms with Crippen LogP contribution in [0.1, 0.15) is 10.4 Å². The van der Waals surface area contributed by atoms with Gasteiger partial charge in [0.1, 0.15) is 0 Å². The molecule has 2 N–H and O–H groups in total. The maximum Gasteiger partial charge on any atom is 0.266 e. The molecule has 0 saturated heterocycles. The molecule has 1 aromatic carbocycles. The van der Waals surface area contributed by atoms with Gasteiger partial charge in [-0.3, -0.25) is 9.59 Å². The van der Waals surface area contributed by atoms with Crippen LogP contribution in [0.15, 0.2) is 29.2 Å². The van der Waals surface area contributed by atoms with Gasteiger partial charge < -0.3 is 10.3 Å². The molecular weight excluding hydrogens is 194 g/mol. The number of H-pyrrole nitrogens is 1. The van der Waals surface area contributed by atoms with Crippen molar-refractivity contribution < 1.29 is 4.79 Å². The van der Waals surface area contributed by atoms with Crippen LogP contribution < -0.4 is 10.9 Å². The summed E-state index contributed by atoms with van der Waals surface area (Å²) in [4.78, 5) is 28.9. The Balaban J connectivity index is 2.64. The van der Waals surface area contributed by atoms with Crippen molar-refractivity contribution in [1.82, 2.24) is 15.3 Å². The second kappa shape index (κ2) is 3.53. The Morgan fingerprint density at radius 2 is 2.27 bits per heavy atom. The summed E-state index contributed by atoms with van der Waals surface area (Å²) in [5, 5.41) is 2.51. The number of aromatic amines is 1. The number of carbonyl (C=O) groups excluding carboxylic acids is 1. The second-order valence-corrected chi connectivity index (χ2v) is 3.06. The summed E-state index contributed by atoms with van der Waals surface area (Å²) in [6.45, 7) is 0. The molecule has 0 fully saturated rings. The predicted octanol–water partition coefficient (Wildman–Crippen LogP) is 0.283. The van der Waals surface area contributed by atoms with Crippen LogP contribution in [0.5, 0.6) is 0 Å². The van der Waals surface area contributed by atoms with Crippen LogP contribution in [0, 0.1) is 0 Å². The van der Waals surface area contributed by atoms with Crippen LogP contribution in [0.4, 0.5) is 0 Å². The Morgan fingerprint density at radius 3 is 3.00 bits per heavy atom. The van der Waals surface area contributed by atoms with E-state index in [0.717, 1.165) is 0 Å². The molecule has 0 atom stereocenters. The summed E-state index contributed by atoms with van der Waals surface area (Å²) in [5.41, 5.74) is 1.43. The van der Waals surface area contributed by atoms with Gasteiger partial charge in [-0.05, 0) is 18.2 Å². The summed E-state index contributed by atoms with van der Waals surface area (Å²) in [6.07, 6.45) is 1.21. The maximum absolute atomic E-state index is 11.3. The Morgan fingerprint density at radius 1 is 1.47 bits per heavy atom. The molecule has 0 radical (unpaired) electrons. The minimum atomic E-state index is -0.281. The Bertz CT molecular complexity index is 574. The number of amides is 1. The van der Waals surface area contributed by atoms with Gasteiger partial charge in [0, 0.05) is 12.6 Å². The highest BCUT2D eigenvalue weighted by molar-refractivity contribution is 5.96. The zero-order chi connectivity index (χ0) is 10.8. The lowest BCUT2D eigenvalue weighted by Crippen LogP contribution is -2.17. The molecular formula is C10H9N3O2. The van der Waals surface area contributed by atoms with Gasteiger partial charge in [0.2, 0.25) is 0 Å². The number of nitrogens with one attached hydrogen (secondary N) is 2. The molecule has 0 bridgehead atoms. The van der Waals surface area contributed by atoms with Crippen LogP contribution in [0.25, 0.3) is 11.0 Å². The molecule has 1 amide bonds. The minimum Gasteiger partial charge on any atom is -0.355 e. The average molecular weight is 203 g/mol. The van der Waals surface area contributed by atoms with E-state index in [1.165, 1.54) is 6.20 Å². The van der Waals surface area contributed by atoms with Crippen LogP contribution in [-0.4, -0.2) is 22.9 Å². The highest BCUT2D eigenvalue weighted by atomic mass is 16.1. The summed E-state index contributed by atoms with van der Waals surface area (Å²) >= 11 is 0. The van der Waals surface area contributed by atoms with Crippen LogP contribution in [0.2, 0.25) is 0 Å². The van der Waals surface area contributed by atoms with Crippen molar-refractivity contribution in [3.8, 4) is 0 Å². The predicted molar refractivity (Wildman–Crippen MR) is 55.8 cm³/mol. The van der Waals surface area contributed by atoms with Gasteiger partial charge in [-0.15, -0.1) is 0 Å². The molecule has 2 rings (SSSR count). The quantitative estimate of drug-likeness (QED) is 0.699. The van der Waals surface area contributed by atoms with E-state index in [1.54, 1.807) is 25.2 Å². The van der Waals surface area contributed by atoms with Crippen LogP contribution >= 0.6 is 0 Å². The SMILES string of the molecule is CNC(=O)c1ccc2ncc(=O)[nH]c2c1. The first kappa shape index (κ1) is 9.39. The molecule has 0 unspecified atom stereocenters. The van der Waals surface area contributed by atoms with E-state index >= 15 is 0 Å². The van der Waals surface area contributed by atoms with E-state index in [2.05, 4.69) is 15.3 Å². The smallest absolute Gasteiger partial charge is 0.266 e. The Hall–Kier alpha value is -2.17. The van der Waals surface area contributed by atoms with Crippen molar-refractivity contribution in [3.05, 3.63) is 40.3 Å². The van der Waals surface area contributed by atoms with Crippen molar-refractivity contribution in [2.45, 2.75) is 0 Å². The van der Waals surface area contributed by atoms with Gasteiger partial charge in [0.25, 0.3) is 11.5 Å². The molecule has 5 nitrogen and oxygen atoms in total. The monoisotopic (exact) mass is 203 g/mol. The molecule has 0 saturated carbocycles. The number of carbonyl (C=O) groups is 1. The molecule has 2 aromatic rings. The third-order valence-electron chi connectivity index (χ3n) is 2.06. The van der Waals surface area contributed by atoms with E-state index in [1.807, 2.05) is 0 Å². The zero-order valence-corrected chi connectivity index (χ0v) is 8.07. The lowest BCUT2D eigenvalue weighted by atomic mass is 10.2. The summed E-state index contributed by atoms with van der Waals surface area (Å²) in [7, 11) is 1.55. The second-order valence-electron chi connectivity index (χ2n) is 3.06. The van der Waals surface area contributed by atoms with Crippen molar-refractivity contribution in [2.75, 3.05) is 7.05 Å². The first-order chi connectivity index (χ1) is 7.20. The van der Waals surface area contributed by atoms with E-state index in [0.29, 0.717) is 16.6 Å². The third kappa shape index (κ3) is 1.71. The standard InChI is InChI=1S/C10H9N3O2/c1-11-10(15)6-2-3-7-8(4-6)13-9(14)5-12-7/h2-5H,1H3,(H,11,15)(H,13,14). The van der Waals surface area contributed by atoms with Crippen molar-refractivity contribution in [1.29, 1.82) is 0 Å². The molecule has 0 aliphatic heterocycles. The Labute approximate surface area is 85.2 Å². The van der Waals surface area contributed by atoms with Gasteiger partial charge >= 0.3 is 0 Å². The third-order valence-corrected chi connectivity index (χ3v) is 2.06. The fraction of sp³-hybridized carbons (Fsp3) is 0.100. The normalized spacial score (nSPS) is 10.2. The molecule has 1 heterocycles. The van der Waals surface area contributed by atoms with Gasteiger partial charge in [-0.1, -0.05) is 0 Å². The largest absolute Gasteiger partial charge is 0.355 e. The van der Waals surface area contributed by atoms with Gasteiger partial charge in [-0.25, -0.2) is 4.98 Å². The lowest BCUT2D eigenvalue weighted by Gasteiger charge is -2.01. The Kier molecular flexibility index (Phi) is 2.21. The van der Waals surface area contributed by atoms with Crippen molar-refractivity contribution in [2.24, 2.45) is 0 Å². The van der Waals surface area contributed by atoms with E-state index in [9.17, 15) is 9.59 Å². The summed E-state index contributed by atoms with van der Waals surface area (Å²) in [5.74, 6) is -0.193. The number of aromatic nitrogens is 2. The summed E-state index contributed by atoms with van der Waals surface area (Å²) in [6, 6.07) is 4.95. The van der Waals surface area contributed by atoms with Crippen molar-refractivity contribution >= 4 is 16.9 Å². The highest BCUT2D eigenvalue weighted by Crippen LogP contribution is 2.09. The average Bonchev–Trinajstić information content (AvgIpc) is 2.27. The summed E-state index contributed by atoms with van der Waals surface area (Å²) < 4.78 is 0. The number of nitrogens with zero attached hydrogens (tertiary/aromatic N) is 1. The fourth-order valence-electron chi connectivity index (χ4n) is 1.33. The van der Waals surface area contributed by atoms with Crippen LogP contribution in [0.3, 0.4) is 0 Å². The van der Waals surface area contributed by atoms with Gasteiger partial charge in [0.05, 0.1) is 17.2 Å². The van der Waals surface area contributed by atoms with E-state index in [4.69, 9.17) is 0 Å². The highest BCUT2D eigenvalue weighted by Gasteiger charge is 2.04. The number of hydrogen-bond donors (Lipinski definition) is 2. The number of hydrogen-bond acceptors (Lipinski definition) is 3. The maximum atomic E-state index is 11.3. The first-order valence-corrected chi connectivity index (χ1v) is 4.42. The minimum absolute atomic E-state index is 0.193. The fourth-order valence-corrected chi connectivity index (χ4v) is 1.33.